The molecule has 0 saturated heterocycles. The second-order valence-electron chi connectivity index (χ2n) is 10.0. The van der Waals surface area contributed by atoms with Crippen LogP contribution in [0.2, 0.25) is 0 Å². The summed E-state index contributed by atoms with van der Waals surface area (Å²) in [6.45, 7) is 0. The molecule has 0 unspecified atom stereocenters. The van der Waals surface area contributed by atoms with E-state index >= 15 is 0 Å². The summed E-state index contributed by atoms with van der Waals surface area (Å²) in [5.74, 6) is 0. The lowest BCUT2D eigenvalue weighted by molar-refractivity contribution is 1.18. The van der Waals surface area contributed by atoms with E-state index in [4.69, 9.17) is 0 Å². The van der Waals surface area contributed by atoms with Crippen molar-refractivity contribution in [2.75, 3.05) is 0 Å². The van der Waals surface area contributed by atoms with Crippen LogP contribution in [0.5, 0.6) is 0 Å². The molecule has 0 N–H and O–H groups in total. The van der Waals surface area contributed by atoms with Crippen LogP contribution in [0.3, 0.4) is 0 Å². The fourth-order valence-electron chi connectivity index (χ4n) is 6.19. The summed E-state index contributed by atoms with van der Waals surface area (Å²) in [5.41, 5.74) is 9.68. The first-order valence-corrected chi connectivity index (χ1v) is 13.8. The zero-order valence-electron chi connectivity index (χ0n) is 21.3. The van der Waals surface area contributed by atoms with Crippen molar-refractivity contribution in [3.63, 3.8) is 0 Å². The molecule has 0 saturated carbocycles. The number of aromatic nitrogens is 2. The summed E-state index contributed by atoms with van der Waals surface area (Å²) < 4.78 is 5.98. The van der Waals surface area contributed by atoms with Gasteiger partial charge in [0.25, 0.3) is 0 Å². The molecule has 6 aromatic carbocycles. The quantitative estimate of drug-likeness (QED) is 0.212. The van der Waals surface area contributed by atoms with Gasteiger partial charge in [-0.1, -0.05) is 97.1 Å². The van der Waals surface area contributed by atoms with Gasteiger partial charge in [-0.15, -0.1) is 4.43 Å². The number of benzene rings is 6. The fraction of sp³-hybridized carbons (Fsp3) is 0. The molecule has 8 aromatic rings. The Morgan fingerprint density at radius 1 is 0.385 bits per heavy atom. The van der Waals surface area contributed by atoms with Crippen molar-refractivity contribution in [1.82, 2.24) is 9.13 Å². The van der Waals surface area contributed by atoms with Gasteiger partial charge in [0, 0.05) is 32.8 Å². The molecule has 0 spiro atoms. The molecule has 2 heterocycles. The van der Waals surface area contributed by atoms with E-state index in [1.165, 1.54) is 70.5 Å². The van der Waals surface area contributed by atoms with E-state index in [0.29, 0.717) is 0 Å². The normalized spacial score (nSPS) is 11.7. The molecule has 0 aliphatic rings. The van der Waals surface area contributed by atoms with Crippen LogP contribution >= 0.6 is 0 Å². The van der Waals surface area contributed by atoms with E-state index in [9.17, 15) is 0 Å². The molecule has 2 radical (unpaired) electrons. The van der Waals surface area contributed by atoms with E-state index in [1.54, 1.807) is 0 Å². The van der Waals surface area contributed by atoms with Gasteiger partial charge in [-0.3, -0.25) is 0 Å². The molecule has 0 atom stereocenters. The molecule has 0 aliphatic carbocycles. The highest BCUT2D eigenvalue weighted by Gasteiger charge is 2.17. The maximum absolute atomic E-state index is 2.90. The Kier molecular flexibility index (Phi) is 5.03. The Hall–Kier alpha value is -4.55. The van der Waals surface area contributed by atoms with Crippen molar-refractivity contribution >= 4 is 64.3 Å². The molecule has 8 rings (SSSR count). The summed E-state index contributed by atoms with van der Waals surface area (Å²) in [6.07, 6.45) is 0. The smallest absolute Gasteiger partial charge is 0.179 e. The third-order valence-corrected chi connectivity index (χ3v) is 8.37. The van der Waals surface area contributed by atoms with Crippen LogP contribution in [0.4, 0.5) is 0 Å². The number of hydrogen-bond donors (Lipinski definition) is 0. The first-order chi connectivity index (χ1) is 19.3. The lowest BCUT2D eigenvalue weighted by Crippen LogP contribution is -2.11. The highest BCUT2D eigenvalue weighted by atomic mass is 27.0. The highest BCUT2D eigenvalue weighted by molar-refractivity contribution is 6.35. The summed E-state index contributed by atoms with van der Waals surface area (Å²) >= 11 is 2.90. The lowest BCUT2D eigenvalue weighted by Gasteiger charge is -2.15. The predicted octanol–water partition coefficient (Wildman–Crippen LogP) is 8.34. The highest BCUT2D eigenvalue weighted by Crippen LogP contribution is 2.38. The standard InChI is InChI=1S/C36H23N2.Al/c1-2-12-26(13-3-1)37-33-19-9-7-17-30(33)31-24-25(22-23-36(31)37)27-14-4-8-18-32(27)38-34-20-10-5-15-28(34)29-16-6-11-21-35(29)38;/h1-12,14-24H;. The third kappa shape index (κ3) is 3.35. The second-order valence-corrected chi connectivity index (χ2v) is 10.7. The van der Waals surface area contributed by atoms with E-state index in [-0.39, 0.29) is 0 Å². The minimum absolute atomic E-state index is 1.18. The maximum Gasteiger partial charge on any atom is 0.179 e. The van der Waals surface area contributed by atoms with Gasteiger partial charge in [-0.2, -0.15) is 0 Å². The van der Waals surface area contributed by atoms with Crippen LogP contribution in [-0.4, -0.2) is 25.4 Å². The van der Waals surface area contributed by atoms with Crippen LogP contribution in [0.25, 0.3) is 66.1 Å². The van der Waals surface area contributed by atoms with E-state index < -0.39 is 0 Å². The SMILES string of the molecule is [Al][c]1ccccc1-n1c2ccccc2c2cc(-c3ccccc3-n3c4ccccc4c4ccccc43)ccc21. The summed E-state index contributed by atoms with van der Waals surface area (Å²) in [6, 6.07) is 50.4. The molecular weight excluding hydrogens is 487 g/mol. The van der Waals surface area contributed by atoms with Crippen molar-refractivity contribution in [3.05, 3.63) is 140 Å². The zero-order valence-corrected chi connectivity index (χ0v) is 22.4. The van der Waals surface area contributed by atoms with Gasteiger partial charge in [0.2, 0.25) is 0 Å². The van der Waals surface area contributed by atoms with Crippen LogP contribution in [0.1, 0.15) is 0 Å². The lowest BCUT2D eigenvalue weighted by atomic mass is 10.0. The Morgan fingerprint density at radius 3 is 1.49 bits per heavy atom. The van der Waals surface area contributed by atoms with E-state index in [0.717, 1.165) is 0 Å². The van der Waals surface area contributed by atoms with Gasteiger partial charge in [0.05, 0.1) is 27.8 Å². The zero-order chi connectivity index (χ0) is 25.9. The maximum atomic E-state index is 2.90. The molecule has 0 aliphatic heterocycles. The first kappa shape index (κ1) is 22.4. The van der Waals surface area contributed by atoms with Gasteiger partial charge in [0.15, 0.2) is 16.3 Å². The molecule has 0 amide bonds. The van der Waals surface area contributed by atoms with Gasteiger partial charge >= 0.3 is 0 Å². The topological polar surface area (TPSA) is 9.86 Å². The summed E-state index contributed by atoms with van der Waals surface area (Å²) in [5, 5.41) is 5.07. The Morgan fingerprint density at radius 2 is 0.846 bits per heavy atom. The molecule has 2 nitrogen and oxygen atoms in total. The first-order valence-electron chi connectivity index (χ1n) is 13.3. The van der Waals surface area contributed by atoms with Crippen molar-refractivity contribution in [1.29, 1.82) is 0 Å². The van der Waals surface area contributed by atoms with Crippen molar-refractivity contribution in [2.45, 2.75) is 0 Å². The second kappa shape index (κ2) is 8.75. The van der Waals surface area contributed by atoms with Gasteiger partial charge < -0.3 is 9.13 Å². The van der Waals surface area contributed by atoms with Crippen molar-refractivity contribution in [3.8, 4) is 22.5 Å². The minimum Gasteiger partial charge on any atom is -0.311 e. The molecule has 180 valence electrons. The van der Waals surface area contributed by atoms with Crippen LogP contribution < -0.4 is 4.43 Å². The van der Waals surface area contributed by atoms with E-state index in [1.807, 2.05) is 0 Å². The average molecular weight is 511 g/mol. The van der Waals surface area contributed by atoms with Crippen LogP contribution in [-0.2, 0) is 0 Å². The Labute approximate surface area is 234 Å². The van der Waals surface area contributed by atoms with Gasteiger partial charge in [-0.05, 0) is 48.0 Å². The number of nitrogens with zero attached hydrogens (tertiary/aromatic N) is 2. The molecule has 2 aromatic heterocycles. The summed E-state index contributed by atoms with van der Waals surface area (Å²) in [7, 11) is 0. The Bertz CT molecular complexity index is 2140. The number of fused-ring (bicyclic) bond motifs is 6. The molecule has 3 heteroatoms. The monoisotopic (exact) mass is 510 g/mol. The van der Waals surface area contributed by atoms with E-state index in [2.05, 4.69) is 165 Å². The minimum atomic E-state index is 1.18. The van der Waals surface area contributed by atoms with Crippen molar-refractivity contribution < 1.29 is 0 Å². The Balaban J connectivity index is 1.42. The van der Waals surface area contributed by atoms with Crippen LogP contribution in [0, 0.1) is 0 Å². The van der Waals surface area contributed by atoms with Crippen molar-refractivity contribution in [2.24, 2.45) is 0 Å². The van der Waals surface area contributed by atoms with Crippen LogP contribution in [0.15, 0.2) is 140 Å². The molecule has 0 bridgehead atoms. The molecular formula is C36H23AlN2. The number of rotatable bonds is 3. The fourth-order valence-corrected chi connectivity index (χ4v) is 6.52. The summed E-state index contributed by atoms with van der Waals surface area (Å²) in [4.78, 5) is 0. The third-order valence-electron chi connectivity index (χ3n) is 7.89. The largest absolute Gasteiger partial charge is 0.311 e. The number of para-hydroxylation sites is 5. The predicted molar refractivity (Wildman–Crippen MR) is 166 cm³/mol. The molecule has 0 fully saturated rings. The van der Waals surface area contributed by atoms with Gasteiger partial charge in [0.1, 0.15) is 0 Å². The number of hydrogen-bond acceptors (Lipinski definition) is 0. The average Bonchev–Trinajstić information content (AvgIpc) is 3.50. The molecule has 39 heavy (non-hydrogen) atoms. The van der Waals surface area contributed by atoms with Gasteiger partial charge in [-0.25, -0.2) is 0 Å².